The summed E-state index contributed by atoms with van der Waals surface area (Å²) in [6, 6.07) is 6.45. The third-order valence-electron chi connectivity index (χ3n) is 10.6. The largest absolute Gasteiger partial charge is 0.463 e. The molecule has 1 amide bonds. The number of morpholine rings is 1. The van der Waals surface area contributed by atoms with Gasteiger partial charge in [-0.25, -0.2) is 9.48 Å². The second-order valence-corrected chi connectivity index (χ2v) is 22.7. The normalized spacial score (nSPS) is 20.9. The zero-order valence-electron chi connectivity index (χ0n) is 32.3. The van der Waals surface area contributed by atoms with Crippen molar-refractivity contribution in [2.75, 3.05) is 75.4 Å². The Morgan fingerprint density at radius 2 is 1.85 bits per heavy atom. The quantitative estimate of drug-likeness (QED) is 0.179. The number of carbonyl (C=O) groups is 1. The molecule has 4 aliphatic heterocycles. The molecule has 1 aromatic carbocycles. The number of benzene rings is 1. The number of fused-ring (bicyclic) bond motifs is 4. The Bertz CT molecular complexity index is 1730. The van der Waals surface area contributed by atoms with Crippen molar-refractivity contribution >= 4 is 36.6 Å². The molecule has 0 spiro atoms. The van der Waals surface area contributed by atoms with Crippen LogP contribution in [0.4, 0.5) is 16.3 Å². The van der Waals surface area contributed by atoms with E-state index in [2.05, 4.69) is 53.4 Å². The summed E-state index contributed by atoms with van der Waals surface area (Å²) in [4.78, 5) is 32.0. The molecule has 52 heavy (non-hydrogen) atoms. The van der Waals surface area contributed by atoms with Crippen LogP contribution < -0.4 is 14.5 Å². The number of hydrogen-bond donors (Lipinski definition) is 0. The van der Waals surface area contributed by atoms with Crippen LogP contribution in [0.1, 0.15) is 50.4 Å². The van der Waals surface area contributed by atoms with Gasteiger partial charge < -0.3 is 33.6 Å². The number of aromatic nitrogens is 4. The molecule has 4 aliphatic rings. The highest BCUT2D eigenvalue weighted by Gasteiger charge is 2.38. The van der Waals surface area contributed by atoms with E-state index in [0.717, 1.165) is 80.6 Å². The first-order chi connectivity index (χ1) is 24.8. The van der Waals surface area contributed by atoms with Crippen molar-refractivity contribution in [2.24, 2.45) is 0 Å². The Balaban J connectivity index is 1.09. The number of amides is 1. The van der Waals surface area contributed by atoms with Crippen LogP contribution in [-0.2, 0) is 33.9 Å². The predicted octanol–water partition coefficient (Wildman–Crippen LogP) is 5.31. The minimum Gasteiger partial charge on any atom is -0.463 e. The third kappa shape index (κ3) is 8.50. The number of nitrogens with zero attached hydrogens (tertiary/aromatic N) is 8. The monoisotopic (exact) mass is 734 g/mol. The van der Waals surface area contributed by atoms with Crippen LogP contribution in [0.25, 0.3) is 10.9 Å². The number of hydrogen-bond acceptors (Lipinski definition) is 11. The van der Waals surface area contributed by atoms with Crippen LogP contribution in [0.5, 0.6) is 6.01 Å². The molecule has 284 valence electrons. The molecule has 3 fully saturated rings. The van der Waals surface area contributed by atoms with Gasteiger partial charge in [0.2, 0.25) is 0 Å². The smallest absolute Gasteiger partial charge is 0.410 e. The summed E-state index contributed by atoms with van der Waals surface area (Å²) in [7, 11) is -1.16. The van der Waals surface area contributed by atoms with Gasteiger partial charge in [0, 0.05) is 77.5 Å². The molecule has 0 N–H and O–H groups in total. The molecule has 7 rings (SSSR count). The lowest BCUT2D eigenvalue weighted by Gasteiger charge is -2.38. The van der Waals surface area contributed by atoms with Gasteiger partial charge in [-0.15, -0.1) is 0 Å². The topological polar surface area (TPSA) is 111 Å². The average molecular weight is 735 g/mol. The van der Waals surface area contributed by atoms with Crippen LogP contribution in [0.2, 0.25) is 25.7 Å². The van der Waals surface area contributed by atoms with E-state index in [0.29, 0.717) is 64.2 Å². The second-order valence-electron chi connectivity index (χ2n) is 17.1. The Labute approximate surface area is 309 Å². The predicted molar refractivity (Wildman–Crippen MR) is 205 cm³/mol. The third-order valence-corrected chi connectivity index (χ3v) is 12.3. The molecule has 3 aromatic rings. The van der Waals surface area contributed by atoms with Crippen molar-refractivity contribution in [3.63, 3.8) is 0 Å². The lowest BCUT2D eigenvalue weighted by atomic mass is 10.0. The highest BCUT2D eigenvalue weighted by Crippen LogP contribution is 2.36. The molecular weight excluding hydrogens is 677 g/mol. The van der Waals surface area contributed by atoms with Crippen molar-refractivity contribution in [1.29, 1.82) is 0 Å². The maximum Gasteiger partial charge on any atom is 0.410 e. The molecule has 2 bridgehead atoms. The molecule has 0 unspecified atom stereocenters. The summed E-state index contributed by atoms with van der Waals surface area (Å²) in [5.74, 6) is 0.927. The number of ether oxygens (including phenoxy) is 4. The maximum atomic E-state index is 12.8. The molecule has 13 nitrogen and oxygen atoms in total. The summed E-state index contributed by atoms with van der Waals surface area (Å²) in [5, 5.41) is 5.88. The van der Waals surface area contributed by atoms with E-state index in [-0.39, 0.29) is 6.09 Å². The summed E-state index contributed by atoms with van der Waals surface area (Å²) >= 11 is 0. The van der Waals surface area contributed by atoms with E-state index < -0.39 is 13.7 Å². The van der Waals surface area contributed by atoms with Gasteiger partial charge >= 0.3 is 12.1 Å². The van der Waals surface area contributed by atoms with Crippen molar-refractivity contribution in [1.82, 2.24) is 29.5 Å². The van der Waals surface area contributed by atoms with E-state index >= 15 is 0 Å². The van der Waals surface area contributed by atoms with Gasteiger partial charge in [-0.05, 0) is 64.6 Å². The molecule has 6 heterocycles. The number of likely N-dealkylation sites (tertiary alicyclic amines) is 1. The highest BCUT2D eigenvalue weighted by atomic mass is 28.3. The Morgan fingerprint density at radius 3 is 2.56 bits per heavy atom. The molecule has 14 heteroatoms. The molecule has 0 saturated carbocycles. The second kappa shape index (κ2) is 15.1. The van der Waals surface area contributed by atoms with Crippen LogP contribution in [0, 0.1) is 6.92 Å². The zero-order valence-corrected chi connectivity index (χ0v) is 33.3. The van der Waals surface area contributed by atoms with Crippen molar-refractivity contribution in [2.45, 2.75) is 104 Å². The average Bonchev–Trinajstić information content (AvgIpc) is 3.83. The molecule has 0 radical (unpaired) electrons. The zero-order chi connectivity index (χ0) is 36.6. The van der Waals surface area contributed by atoms with Crippen molar-refractivity contribution in [3.05, 3.63) is 35.2 Å². The Morgan fingerprint density at radius 1 is 1.04 bits per heavy atom. The van der Waals surface area contributed by atoms with E-state index in [9.17, 15) is 4.79 Å². The summed E-state index contributed by atoms with van der Waals surface area (Å²) in [5.41, 5.74) is 5.11. The van der Waals surface area contributed by atoms with Crippen molar-refractivity contribution in [3.8, 4) is 6.01 Å². The van der Waals surface area contributed by atoms with Gasteiger partial charge in [0.15, 0.2) is 0 Å². The molecule has 3 saturated heterocycles. The minimum atomic E-state index is -1.16. The fraction of sp³-hybridized carbons (Fsp3) is 0.684. The number of aryl methyl sites for hydroxylation is 1. The Kier molecular flexibility index (Phi) is 10.7. The Hall–Kier alpha value is -3.46. The van der Waals surface area contributed by atoms with Crippen LogP contribution in [-0.4, -0.2) is 127 Å². The van der Waals surface area contributed by atoms with Gasteiger partial charge in [-0.3, -0.25) is 4.90 Å². The standard InChI is InChI=1S/C38H58N8O5Si/c1-27-9-10-33-31(22-39-46(33)26-48-19-20-52(5,6)7)34(27)45-13-11-30-32(24-45)40-36(49-18-8-12-44-23-29-21-28(44)25-50-29)41-35(30)42-14-16-43(17-15-42)37(47)51-38(2,3)4/h9-10,22,28-29H,8,11-21,23-26H2,1-7H3/t28-,29-/m0/s1. The summed E-state index contributed by atoms with van der Waals surface area (Å²) < 4.78 is 25.8. The number of rotatable bonds is 12. The maximum absolute atomic E-state index is 12.8. The first kappa shape index (κ1) is 36.9. The number of carbonyl (C=O) groups excluding carboxylic acids is 1. The van der Waals surface area contributed by atoms with E-state index in [4.69, 9.17) is 34.0 Å². The van der Waals surface area contributed by atoms with Gasteiger partial charge in [0.25, 0.3) is 0 Å². The summed E-state index contributed by atoms with van der Waals surface area (Å²) in [6.45, 7) is 23.6. The summed E-state index contributed by atoms with van der Waals surface area (Å²) in [6.07, 6.45) is 4.98. The van der Waals surface area contributed by atoms with E-state index in [1.807, 2.05) is 31.6 Å². The van der Waals surface area contributed by atoms with Gasteiger partial charge in [0.05, 0.1) is 49.0 Å². The van der Waals surface area contributed by atoms with E-state index in [1.54, 1.807) is 4.90 Å². The molecule has 2 aromatic heterocycles. The van der Waals surface area contributed by atoms with Gasteiger partial charge in [-0.1, -0.05) is 25.7 Å². The minimum absolute atomic E-state index is 0.264. The first-order valence-electron chi connectivity index (χ1n) is 19.2. The highest BCUT2D eigenvalue weighted by molar-refractivity contribution is 6.76. The van der Waals surface area contributed by atoms with Crippen LogP contribution >= 0.6 is 0 Å². The van der Waals surface area contributed by atoms with E-state index in [1.165, 1.54) is 16.8 Å². The molecule has 0 aliphatic carbocycles. The van der Waals surface area contributed by atoms with Crippen molar-refractivity contribution < 1.29 is 23.7 Å². The fourth-order valence-electron chi connectivity index (χ4n) is 7.82. The number of anilines is 2. The molecular formula is C38H58N8O5Si. The number of piperazine rings is 1. The van der Waals surface area contributed by atoms with Gasteiger partial charge in [-0.2, -0.15) is 15.1 Å². The van der Waals surface area contributed by atoms with Crippen LogP contribution in [0.3, 0.4) is 0 Å². The van der Waals surface area contributed by atoms with Crippen LogP contribution in [0.15, 0.2) is 18.3 Å². The lowest BCUT2D eigenvalue weighted by molar-refractivity contribution is 0.0240. The van der Waals surface area contributed by atoms with Gasteiger partial charge in [0.1, 0.15) is 18.1 Å². The fourth-order valence-corrected chi connectivity index (χ4v) is 8.57. The molecule has 2 atom stereocenters. The first-order valence-corrected chi connectivity index (χ1v) is 22.9. The lowest BCUT2D eigenvalue weighted by Crippen LogP contribution is -2.50. The SMILES string of the molecule is Cc1ccc2c(cnn2COCC[Si](C)(C)C)c1N1CCc2c(nc(OCCCN3C[C@@H]4C[C@H]3CO4)nc2N2CCN(C(=O)OC(C)(C)C)CC2)C1.